The zero-order chi connectivity index (χ0) is 20.4. The number of hydrogen-bond donors (Lipinski definition) is 1. The number of amides is 1. The molecular formula is C15H19N3O8S. The van der Waals surface area contributed by atoms with Crippen LogP contribution < -0.4 is 0 Å². The number of ether oxygens (including phenoxy) is 1. The molecule has 1 aliphatic heterocycles. The number of carbonyl (C=O) groups is 2. The van der Waals surface area contributed by atoms with Gasteiger partial charge >= 0.3 is 5.97 Å². The molecule has 0 unspecified atom stereocenters. The molecule has 1 heterocycles. The minimum absolute atomic E-state index is 0.00404. The number of nitro benzene ring substituents is 1. The monoisotopic (exact) mass is 401 g/mol. The fourth-order valence-corrected chi connectivity index (χ4v) is 3.99. The lowest BCUT2D eigenvalue weighted by atomic mass is 9.94. The first-order valence-corrected chi connectivity index (χ1v) is 9.65. The maximum atomic E-state index is 12.6. The molecule has 1 saturated heterocycles. The minimum Gasteiger partial charge on any atom is -0.480 e. The average Bonchev–Trinajstić information content (AvgIpc) is 2.58. The molecule has 27 heavy (non-hydrogen) atoms. The zero-order valence-electron chi connectivity index (χ0n) is 14.6. The second-order valence-corrected chi connectivity index (χ2v) is 7.90. The number of nitrogens with zero attached hydrogens (tertiary/aromatic N) is 3. The first-order chi connectivity index (χ1) is 12.6. The standard InChI is InChI=1S/C15H19N3O8S/c1-26-7-6-16-12(19)9-17(27(2,24)25)14(15(20)21)13(16)10-4-3-5-11(8-10)18(22)23/h3-5,8,13-14H,6-7,9H2,1-2H3,(H,20,21)/t13-,14+/m1/s1. The van der Waals surface area contributed by atoms with Gasteiger partial charge in [0.25, 0.3) is 5.69 Å². The molecule has 2 atom stereocenters. The number of hydrogen-bond acceptors (Lipinski definition) is 7. The molecule has 0 aromatic heterocycles. The van der Waals surface area contributed by atoms with Crippen molar-refractivity contribution in [2.24, 2.45) is 0 Å². The normalized spacial score (nSPS) is 21.3. The second kappa shape index (κ2) is 7.98. The molecule has 1 aromatic rings. The van der Waals surface area contributed by atoms with Crippen molar-refractivity contribution in [1.82, 2.24) is 9.21 Å². The maximum absolute atomic E-state index is 12.6. The molecule has 0 spiro atoms. The SMILES string of the molecule is COCCN1C(=O)CN(S(C)(=O)=O)[C@H](C(=O)O)[C@H]1c1cccc([N+](=O)[O-])c1. The van der Waals surface area contributed by atoms with Gasteiger partial charge in [0.15, 0.2) is 0 Å². The van der Waals surface area contributed by atoms with E-state index in [1.54, 1.807) is 0 Å². The third-order valence-electron chi connectivity index (χ3n) is 4.19. The van der Waals surface area contributed by atoms with Crippen molar-refractivity contribution in [3.63, 3.8) is 0 Å². The predicted molar refractivity (Wildman–Crippen MR) is 92.4 cm³/mol. The van der Waals surface area contributed by atoms with Crippen LogP contribution in [0.1, 0.15) is 11.6 Å². The van der Waals surface area contributed by atoms with Crippen LogP contribution in [0.3, 0.4) is 0 Å². The number of benzene rings is 1. The van der Waals surface area contributed by atoms with Crippen LogP contribution in [0.25, 0.3) is 0 Å². The van der Waals surface area contributed by atoms with E-state index in [4.69, 9.17) is 4.74 Å². The maximum Gasteiger partial charge on any atom is 0.324 e. The molecule has 0 bridgehead atoms. The lowest BCUT2D eigenvalue weighted by Crippen LogP contribution is -2.62. The second-order valence-electron chi connectivity index (χ2n) is 5.97. The molecule has 1 fully saturated rings. The smallest absolute Gasteiger partial charge is 0.324 e. The number of nitro groups is 1. The molecule has 1 amide bonds. The highest BCUT2D eigenvalue weighted by molar-refractivity contribution is 7.88. The molecule has 2 rings (SSSR count). The Kier molecular flexibility index (Phi) is 6.13. The summed E-state index contributed by atoms with van der Waals surface area (Å²) in [5.41, 5.74) is -0.151. The highest BCUT2D eigenvalue weighted by atomic mass is 32.2. The summed E-state index contributed by atoms with van der Waals surface area (Å²) in [7, 11) is -2.63. The lowest BCUT2D eigenvalue weighted by molar-refractivity contribution is -0.385. The minimum atomic E-state index is -4.02. The van der Waals surface area contributed by atoms with Gasteiger partial charge in [-0.2, -0.15) is 4.31 Å². The van der Waals surface area contributed by atoms with Crippen LogP contribution in [0.2, 0.25) is 0 Å². The van der Waals surface area contributed by atoms with Gasteiger partial charge < -0.3 is 14.7 Å². The Morgan fingerprint density at radius 1 is 1.44 bits per heavy atom. The van der Waals surface area contributed by atoms with Crippen molar-refractivity contribution in [1.29, 1.82) is 0 Å². The van der Waals surface area contributed by atoms with Gasteiger partial charge in [-0.15, -0.1) is 0 Å². The molecule has 11 nitrogen and oxygen atoms in total. The third kappa shape index (κ3) is 4.40. The van der Waals surface area contributed by atoms with E-state index >= 15 is 0 Å². The molecule has 0 aliphatic carbocycles. The van der Waals surface area contributed by atoms with E-state index in [0.29, 0.717) is 4.31 Å². The van der Waals surface area contributed by atoms with Crippen molar-refractivity contribution >= 4 is 27.6 Å². The molecule has 0 radical (unpaired) electrons. The highest BCUT2D eigenvalue weighted by Crippen LogP contribution is 2.34. The summed E-state index contributed by atoms with van der Waals surface area (Å²) in [6.45, 7) is -0.544. The van der Waals surface area contributed by atoms with Crippen molar-refractivity contribution in [2.75, 3.05) is 33.1 Å². The summed E-state index contributed by atoms with van der Waals surface area (Å²) >= 11 is 0. The van der Waals surface area contributed by atoms with Crippen molar-refractivity contribution in [3.05, 3.63) is 39.9 Å². The fraction of sp³-hybridized carbons (Fsp3) is 0.467. The van der Waals surface area contributed by atoms with Crippen LogP contribution in [-0.2, 0) is 24.3 Å². The Balaban J connectivity index is 2.64. The van der Waals surface area contributed by atoms with Gasteiger partial charge in [-0.3, -0.25) is 19.7 Å². The average molecular weight is 401 g/mol. The Morgan fingerprint density at radius 3 is 2.63 bits per heavy atom. The number of piperazine rings is 1. The van der Waals surface area contributed by atoms with Crippen LogP contribution in [-0.4, -0.2) is 78.6 Å². The molecule has 148 valence electrons. The van der Waals surface area contributed by atoms with E-state index in [1.807, 2.05) is 0 Å². The molecule has 0 saturated carbocycles. The Hall–Kier alpha value is -2.57. The number of sulfonamides is 1. The van der Waals surface area contributed by atoms with Crippen LogP contribution in [0.15, 0.2) is 24.3 Å². The number of rotatable bonds is 7. The van der Waals surface area contributed by atoms with Crippen molar-refractivity contribution < 1.29 is 32.8 Å². The van der Waals surface area contributed by atoms with Gasteiger partial charge in [-0.25, -0.2) is 8.42 Å². The fourth-order valence-electron chi connectivity index (χ4n) is 3.03. The van der Waals surface area contributed by atoms with Crippen LogP contribution >= 0.6 is 0 Å². The van der Waals surface area contributed by atoms with Crippen LogP contribution in [0.5, 0.6) is 0 Å². The Bertz CT molecular complexity index is 856. The summed E-state index contributed by atoms with van der Waals surface area (Å²) in [5, 5.41) is 20.8. The summed E-state index contributed by atoms with van der Waals surface area (Å²) < 4.78 is 29.7. The van der Waals surface area contributed by atoms with Crippen molar-refractivity contribution in [2.45, 2.75) is 12.1 Å². The predicted octanol–water partition coefficient (Wildman–Crippen LogP) is -0.161. The molecule has 1 N–H and O–H groups in total. The van der Waals surface area contributed by atoms with E-state index < -0.39 is 45.5 Å². The van der Waals surface area contributed by atoms with Gasteiger partial charge in [0.05, 0.1) is 30.4 Å². The third-order valence-corrected chi connectivity index (χ3v) is 5.40. The number of methoxy groups -OCH3 is 1. The first-order valence-electron chi connectivity index (χ1n) is 7.80. The van der Waals surface area contributed by atoms with Gasteiger partial charge in [0.1, 0.15) is 6.04 Å². The van der Waals surface area contributed by atoms with Crippen molar-refractivity contribution in [3.8, 4) is 0 Å². The number of aliphatic carboxylic acids is 1. The zero-order valence-corrected chi connectivity index (χ0v) is 15.5. The summed E-state index contributed by atoms with van der Waals surface area (Å²) in [6, 6.07) is 2.26. The summed E-state index contributed by atoms with van der Waals surface area (Å²) in [5.74, 6) is -2.08. The van der Waals surface area contributed by atoms with Crippen LogP contribution in [0, 0.1) is 10.1 Å². The van der Waals surface area contributed by atoms with E-state index in [9.17, 15) is 33.2 Å². The molecular weight excluding hydrogens is 382 g/mol. The van der Waals surface area contributed by atoms with Crippen LogP contribution in [0.4, 0.5) is 5.69 Å². The molecule has 1 aromatic carbocycles. The Morgan fingerprint density at radius 2 is 2.11 bits per heavy atom. The number of carboxylic acids is 1. The summed E-state index contributed by atoms with van der Waals surface area (Å²) in [6.07, 6.45) is 0.811. The topological polar surface area (TPSA) is 147 Å². The van der Waals surface area contributed by atoms with Gasteiger partial charge in [-0.1, -0.05) is 12.1 Å². The lowest BCUT2D eigenvalue weighted by Gasteiger charge is -2.44. The number of non-ortho nitro benzene ring substituents is 1. The van der Waals surface area contributed by atoms with Gasteiger partial charge in [0.2, 0.25) is 15.9 Å². The van der Waals surface area contributed by atoms with E-state index in [1.165, 1.54) is 30.2 Å². The first kappa shape index (κ1) is 20.7. The highest BCUT2D eigenvalue weighted by Gasteiger charge is 2.49. The van der Waals surface area contributed by atoms with Gasteiger partial charge in [-0.05, 0) is 5.56 Å². The van der Waals surface area contributed by atoms with Gasteiger partial charge in [0, 0.05) is 25.8 Å². The van der Waals surface area contributed by atoms with E-state index in [2.05, 4.69) is 0 Å². The quantitative estimate of drug-likeness (QED) is 0.489. The molecule has 12 heteroatoms. The van der Waals surface area contributed by atoms with E-state index in [0.717, 1.165) is 12.3 Å². The largest absolute Gasteiger partial charge is 0.480 e. The summed E-state index contributed by atoms with van der Waals surface area (Å²) in [4.78, 5) is 36.1. The number of carboxylic acid groups (broad SMARTS) is 1. The molecule has 1 aliphatic rings. The number of carbonyl (C=O) groups excluding carboxylic acids is 1. The van der Waals surface area contributed by atoms with E-state index in [-0.39, 0.29) is 24.4 Å². The Labute approximate surface area is 155 Å².